The van der Waals surface area contributed by atoms with Crippen LogP contribution >= 0.6 is 0 Å². The molecule has 0 amide bonds. The van der Waals surface area contributed by atoms with Crippen LogP contribution in [0.2, 0.25) is 0 Å². The van der Waals surface area contributed by atoms with E-state index < -0.39 is 0 Å². The minimum absolute atomic E-state index is 0.278. The van der Waals surface area contributed by atoms with Crippen molar-refractivity contribution in [3.05, 3.63) is 0 Å². The summed E-state index contributed by atoms with van der Waals surface area (Å²) in [6, 6.07) is 0. The Bertz CT molecular complexity index is 27.3. The number of hydrogen-bond donors (Lipinski definition) is 1. The maximum Gasteiger partial charge on any atom is 0.0431 e. The van der Waals surface area contributed by atoms with E-state index in [2.05, 4.69) is 0 Å². The predicted molar refractivity (Wildman–Crippen MR) is 28.9 cm³/mol. The summed E-state index contributed by atoms with van der Waals surface area (Å²) in [6.45, 7) is 0.778. The van der Waals surface area contributed by atoms with E-state index in [9.17, 15) is 0 Å². The summed E-state index contributed by atoms with van der Waals surface area (Å²) in [5.41, 5.74) is 6.70. The molecule has 0 atom stereocenters. The van der Waals surface area contributed by atoms with Crippen molar-refractivity contribution < 1.29 is 5.11 Å². The topological polar surface area (TPSA) is 44.0 Å². The van der Waals surface area contributed by atoms with Crippen LogP contribution in [-0.2, 0) is 0 Å². The fourth-order valence-corrected chi connectivity index (χ4v) is 0.414. The van der Waals surface area contributed by atoms with Gasteiger partial charge in [0.15, 0.2) is 0 Å². The third-order valence-electron chi connectivity index (χ3n) is 0.835. The minimum Gasteiger partial charge on any atom is -0.396 e. The number of unbranched alkanes of at least 4 members (excludes halogenated alkanes) is 2. The number of nitrogens with one attached hydrogen (secondary N) is 1. The van der Waals surface area contributed by atoms with Gasteiger partial charge in [0.1, 0.15) is 0 Å². The Hall–Kier alpha value is -0.0800. The maximum absolute atomic E-state index is 8.23. The molecule has 0 fully saturated rings. The van der Waals surface area contributed by atoms with Crippen LogP contribution in [0.4, 0.5) is 0 Å². The fourth-order valence-electron chi connectivity index (χ4n) is 0.414. The SMILES string of the molecule is [NH]CCCCCO. The van der Waals surface area contributed by atoms with E-state index >= 15 is 0 Å². The van der Waals surface area contributed by atoms with Crippen molar-refractivity contribution in [2.24, 2.45) is 0 Å². The van der Waals surface area contributed by atoms with Gasteiger partial charge < -0.3 is 5.11 Å². The Morgan fingerprint density at radius 2 is 1.86 bits per heavy atom. The van der Waals surface area contributed by atoms with E-state index in [1.165, 1.54) is 0 Å². The summed E-state index contributed by atoms with van der Waals surface area (Å²) in [5, 5.41) is 8.23. The molecule has 0 saturated carbocycles. The average molecular weight is 102 g/mol. The third kappa shape index (κ3) is 5.92. The van der Waals surface area contributed by atoms with E-state index in [1.807, 2.05) is 0 Å². The Morgan fingerprint density at radius 1 is 1.14 bits per heavy atom. The smallest absolute Gasteiger partial charge is 0.0431 e. The van der Waals surface area contributed by atoms with Gasteiger partial charge in [-0.3, -0.25) is 5.73 Å². The monoisotopic (exact) mass is 102 g/mol. The Kier molecular flexibility index (Phi) is 5.85. The highest BCUT2D eigenvalue weighted by atomic mass is 16.2. The first-order valence-corrected chi connectivity index (χ1v) is 2.67. The highest BCUT2D eigenvalue weighted by Crippen LogP contribution is 1.90. The van der Waals surface area contributed by atoms with E-state index in [0.717, 1.165) is 19.3 Å². The molecule has 0 aromatic carbocycles. The first-order valence-electron chi connectivity index (χ1n) is 2.67. The standard InChI is InChI=1S/C5H12NO/c6-4-2-1-3-5-7/h6-7H,1-5H2. The third-order valence-corrected chi connectivity index (χ3v) is 0.835. The summed E-state index contributed by atoms with van der Waals surface area (Å²) in [4.78, 5) is 0. The molecule has 0 saturated heterocycles. The van der Waals surface area contributed by atoms with Crippen LogP contribution in [0.15, 0.2) is 0 Å². The quantitative estimate of drug-likeness (QED) is 0.514. The molecule has 0 spiro atoms. The molecule has 0 aromatic heterocycles. The first-order chi connectivity index (χ1) is 3.41. The van der Waals surface area contributed by atoms with Crippen molar-refractivity contribution in [2.75, 3.05) is 13.2 Å². The Balaban J connectivity index is 2.45. The van der Waals surface area contributed by atoms with Gasteiger partial charge in [-0.25, -0.2) is 0 Å². The second-order valence-electron chi connectivity index (χ2n) is 1.53. The summed E-state index contributed by atoms with van der Waals surface area (Å²) in [6.07, 6.45) is 2.79. The van der Waals surface area contributed by atoms with Crippen molar-refractivity contribution in [2.45, 2.75) is 19.3 Å². The molecule has 2 heteroatoms. The minimum atomic E-state index is 0.278. The number of aliphatic hydroxyl groups is 1. The fraction of sp³-hybridized carbons (Fsp3) is 1.00. The van der Waals surface area contributed by atoms with Crippen molar-refractivity contribution in [1.29, 1.82) is 0 Å². The van der Waals surface area contributed by atoms with Gasteiger partial charge in [-0.2, -0.15) is 0 Å². The van der Waals surface area contributed by atoms with Crippen LogP contribution in [0.1, 0.15) is 19.3 Å². The second kappa shape index (κ2) is 5.92. The van der Waals surface area contributed by atoms with Gasteiger partial charge in [-0.1, -0.05) is 0 Å². The second-order valence-corrected chi connectivity index (χ2v) is 1.53. The summed E-state index contributed by atoms with van der Waals surface area (Å²) < 4.78 is 0. The molecule has 0 aliphatic carbocycles. The Morgan fingerprint density at radius 3 is 2.29 bits per heavy atom. The molecule has 1 radical (unpaired) electrons. The molecule has 0 aliphatic rings. The van der Waals surface area contributed by atoms with Gasteiger partial charge in [0.2, 0.25) is 0 Å². The van der Waals surface area contributed by atoms with Crippen LogP contribution in [0.3, 0.4) is 0 Å². The van der Waals surface area contributed by atoms with E-state index in [1.54, 1.807) is 0 Å². The van der Waals surface area contributed by atoms with Crippen LogP contribution in [0, 0.1) is 0 Å². The van der Waals surface area contributed by atoms with Crippen LogP contribution < -0.4 is 5.73 Å². The molecule has 0 unspecified atom stereocenters. The molecule has 7 heavy (non-hydrogen) atoms. The van der Waals surface area contributed by atoms with Crippen molar-refractivity contribution in [3.63, 3.8) is 0 Å². The van der Waals surface area contributed by atoms with Crippen LogP contribution in [0.25, 0.3) is 0 Å². The molecule has 0 aliphatic heterocycles. The molecule has 0 heterocycles. The van der Waals surface area contributed by atoms with E-state index in [0.29, 0.717) is 6.54 Å². The maximum atomic E-state index is 8.23. The summed E-state index contributed by atoms with van der Waals surface area (Å²) >= 11 is 0. The molecule has 2 N–H and O–H groups in total. The lowest BCUT2D eigenvalue weighted by molar-refractivity contribution is 0.283. The van der Waals surface area contributed by atoms with Crippen molar-refractivity contribution >= 4 is 0 Å². The zero-order chi connectivity index (χ0) is 5.54. The molecule has 0 aromatic rings. The molecule has 0 bridgehead atoms. The number of hydrogen-bond acceptors (Lipinski definition) is 1. The highest BCUT2D eigenvalue weighted by Gasteiger charge is 1.81. The zero-order valence-corrected chi connectivity index (χ0v) is 4.48. The van der Waals surface area contributed by atoms with Crippen LogP contribution in [-0.4, -0.2) is 18.3 Å². The van der Waals surface area contributed by atoms with E-state index in [4.69, 9.17) is 10.8 Å². The van der Waals surface area contributed by atoms with Gasteiger partial charge >= 0.3 is 0 Å². The largest absolute Gasteiger partial charge is 0.396 e. The van der Waals surface area contributed by atoms with Gasteiger partial charge in [0.05, 0.1) is 0 Å². The Labute approximate surface area is 44.3 Å². The summed E-state index contributed by atoms with van der Waals surface area (Å²) in [5.74, 6) is 0. The lowest BCUT2D eigenvalue weighted by Gasteiger charge is -1.90. The molecule has 2 nitrogen and oxygen atoms in total. The first kappa shape index (κ1) is 6.92. The number of rotatable bonds is 4. The predicted octanol–water partition coefficient (Wildman–Crippen LogP) is 0.432. The van der Waals surface area contributed by atoms with E-state index in [-0.39, 0.29) is 6.61 Å². The average Bonchev–Trinajstić information content (AvgIpc) is 1.69. The van der Waals surface area contributed by atoms with Crippen molar-refractivity contribution in [3.8, 4) is 0 Å². The van der Waals surface area contributed by atoms with Gasteiger partial charge in [-0.15, -0.1) is 0 Å². The number of aliphatic hydroxyl groups excluding tert-OH is 1. The summed E-state index contributed by atoms with van der Waals surface area (Å²) in [7, 11) is 0. The molecular formula is C5H12NO. The van der Waals surface area contributed by atoms with Crippen molar-refractivity contribution in [1.82, 2.24) is 5.73 Å². The molecular weight excluding hydrogens is 90.1 g/mol. The normalized spacial score (nSPS) is 9.43. The van der Waals surface area contributed by atoms with Gasteiger partial charge in [0.25, 0.3) is 0 Å². The molecule has 0 rings (SSSR count). The molecule has 43 valence electrons. The zero-order valence-electron chi connectivity index (χ0n) is 4.48. The highest BCUT2D eigenvalue weighted by molar-refractivity contribution is 4.38. The van der Waals surface area contributed by atoms with Gasteiger partial charge in [0, 0.05) is 13.2 Å². The van der Waals surface area contributed by atoms with Crippen LogP contribution in [0.5, 0.6) is 0 Å². The lowest BCUT2D eigenvalue weighted by Crippen LogP contribution is -1.87. The lowest BCUT2D eigenvalue weighted by atomic mass is 10.2. The van der Waals surface area contributed by atoms with Gasteiger partial charge in [-0.05, 0) is 19.3 Å².